The number of aromatic nitrogens is 4. The Morgan fingerprint density at radius 1 is 1.10 bits per heavy atom. The summed E-state index contributed by atoms with van der Waals surface area (Å²) in [6.07, 6.45) is -1.45. The van der Waals surface area contributed by atoms with E-state index in [-0.39, 0.29) is 41.2 Å². The van der Waals surface area contributed by atoms with Crippen molar-refractivity contribution in [2.75, 3.05) is 42.3 Å². The fraction of sp³-hybridized carbons (Fsp3) is 0.423. The lowest BCUT2D eigenvalue weighted by atomic mass is 10.1. The number of carbonyl (C=O) groups is 1. The number of pyridine rings is 2. The number of hydrogen-bond acceptors (Lipinski definition) is 10. The SMILES string of the molecule is CC(C)(C)OC(=O)CCc1ccc(Nc2cc(-c3cnc(N)cc3C(F)(F)F)nc(N3CCOCC3)n2)cn1. The van der Waals surface area contributed by atoms with Crippen molar-refractivity contribution in [3.05, 3.63) is 47.9 Å². The minimum absolute atomic E-state index is 0.0377. The highest BCUT2D eigenvalue weighted by molar-refractivity contribution is 5.71. The van der Waals surface area contributed by atoms with Gasteiger partial charge in [0.15, 0.2) is 0 Å². The number of nitrogen functional groups attached to an aromatic ring is 1. The van der Waals surface area contributed by atoms with Gasteiger partial charge in [-0.3, -0.25) is 9.78 Å². The average Bonchev–Trinajstić information content (AvgIpc) is 2.87. The Morgan fingerprint density at radius 3 is 2.49 bits per heavy atom. The summed E-state index contributed by atoms with van der Waals surface area (Å²) in [6, 6.07) is 5.71. The minimum atomic E-state index is -4.66. The smallest absolute Gasteiger partial charge is 0.417 e. The van der Waals surface area contributed by atoms with Crippen LogP contribution in [0.5, 0.6) is 0 Å². The number of hydrogen-bond donors (Lipinski definition) is 2. The summed E-state index contributed by atoms with van der Waals surface area (Å²) in [5, 5.41) is 3.10. The van der Waals surface area contributed by atoms with Gasteiger partial charge in [-0.15, -0.1) is 0 Å². The fourth-order valence-electron chi connectivity index (χ4n) is 3.87. The number of alkyl halides is 3. The summed E-state index contributed by atoms with van der Waals surface area (Å²) in [5.74, 6) is -0.0318. The molecule has 1 fully saturated rings. The van der Waals surface area contributed by atoms with Gasteiger partial charge in [0, 0.05) is 43.0 Å². The Kier molecular flexibility index (Phi) is 8.19. The molecule has 4 heterocycles. The second-order valence-electron chi connectivity index (χ2n) is 9.94. The van der Waals surface area contributed by atoms with Crippen LogP contribution >= 0.6 is 0 Å². The normalized spacial score (nSPS) is 14.3. The summed E-state index contributed by atoms with van der Waals surface area (Å²) < 4.78 is 52.2. The van der Waals surface area contributed by atoms with Crippen LogP contribution in [0.15, 0.2) is 36.7 Å². The largest absolute Gasteiger partial charge is 0.460 e. The van der Waals surface area contributed by atoms with Crippen molar-refractivity contribution in [1.29, 1.82) is 0 Å². The first-order chi connectivity index (χ1) is 18.4. The van der Waals surface area contributed by atoms with Gasteiger partial charge in [-0.25, -0.2) is 9.97 Å². The van der Waals surface area contributed by atoms with E-state index in [2.05, 4.69) is 25.3 Å². The lowest BCUT2D eigenvalue weighted by Crippen LogP contribution is -2.37. The highest BCUT2D eigenvalue weighted by atomic mass is 19.4. The fourth-order valence-corrected chi connectivity index (χ4v) is 3.87. The maximum atomic E-state index is 13.8. The number of nitrogens with two attached hydrogens (primary N) is 1. The standard InChI is InChI=1S/C26H30F3N7O3/c1-25(2,3)39-23(37)7-6-16-4-5-17(14-31-16)33-22-13-20(34-24(35-22)36-8-10-38-11-9-36)18-15-32-21(30)12-19(18)26(27,28)29/h4-5,12-15H,6-11H2,1-3H3,(H2,30,32)(H,33,34,35). The van der Waals surface area contributed by atoms with Gasteiger partial charge in [-0.2, -0.15) is 18.2 Å². The zero-order chi connectivity index (χ0) is 28.2. The molecule has 0 radical (unpaired) electrons. The molecule has 0 aliphatic carbocycles. The van der Waals surface area contributed by atoms with Crippen molar-refractivity contribution in [3.8, 4) is 11.3 Å². The molecule has 0 amide bonds. The molecule has 10 nitrogen and oxygen atoms in total. The van der Waals surface area contributed by atoms with Crippen LogP contribution in [0.2, 0.25) is 0 Å². The molecule has 208 valence electrons. The van der Waals surface area contributed by atoms with E-state index < -0.39 is 17.3 Å². The number of rotatable bonds is 7. The summed E-state index contributed by atoms with van der Waals surface area (Å²) in [6.45, 7) is 7.29. The highest BCUT2D eigenvalue weighted by Crippen LogP contribution is 2.38. The number of halogens is 3. The van der Waals surface area contributed by atoms with E-state index in [4.69, 9.17) is 15.2 Å². The summed E-state index contributed by atoms with van der Waals surface area (Å²) in [4.78, 5) is 31.0. The highest BCUT2D eigenvalue weighted by Gasteiger charge is 2.35. The lowest BCUT2D eigenvalue weighted by Gasteiger charge is -2.27. The van der Waals surface area contributed by atoms with E-state index in [1.807, 2.05) is 4.90 Å². The maximum absolute atomic E-state index is 13.8. The molecule has 3 N–H and O–H groups in total. The van der Waals surface area contributed by atoms with Gasteiger partial charge in [0.2, 0.25) is 5.95 Å². The molecule has 1 aliphatic heterocycles. The molecule has 0 bridgehead atoms. The first kappa shape index (κ1) is 28.0. The van der Waals surface area contributed by atoms with Gasteiger partial charge >= 0.3 is 12.1 Å². The topological polar surface area (TPSA) is 128 Å². The third kappa shape index (κ3) is 7.76. The van der Waals surface area contributed by atoms with E-state index in [9.17, 15) is 18.0 Å². The molecule has 3 aromatic heterocycles. The Hall–Kier alpha value is -4.00. The van der Waals surface area contributed by atoms with Gasteiger partial charge < -0.3 is 25.4 Å². The van der Waals surface area contributed by atoms with Crippen molar-refractivity contribution in [3.63, 3.8) is 0 Å². The van der Waals surface area contributed by atoms with Crippen LogP contribution in [-0.4, -0.2) is 57.8 Å². The van der Waals surface area contributed by atoms with E-state index in [0.29, 0.717) is 44.1 Å². The summed E-state index contributed by atoms with van der Waals surface area (Å²) in [5.41, 5.74) is 5.11. The first-order valence-electron chi connectivity index (χ1n) is 12.4. The molecule has 39 heavy (non-hydrogen) atoms. The molecule has 1 aliphatic rings. The number of aryl methyl sites for hydroxylation is 1. The summed E-state index contributed by atoms with van der Waals surface area (Å²) >= 11 is 0. The van der Waals surface area contributed by atoms with Crippen LogP contribution < -0.4 is 16.0 Å². The van der Waals surface area contributed by atoms with E-state index >= 15 is 0 Å². The molecule has 3 aromatic rings. The van der Waals surface area contributed by atoms with E-state index in [1.54, 1.807) is 39.1 Å². The number of carbonyl (C=O) groups excluding carboxylic acids is 1. The predicted molar refractivity (Wildman–Crippen MR) is 139 cm³/mol. The predicted octanol–water partition coefficient (Wildman–Crippen LogP) is 4.39. The number of nitrogens with zero attached hydrogens (tertiary/aromatic N) is 5. The summed E-state index contributed by atoms with van der Waals surface area (Å²) in [7, 11) is 0. The van der Waals surface area contributed by atoms with Crippen molar-refractivity contribution in [2.45, 2.75) is 45.4 Å². The van der Waals surface area contributed by atoms with Crippen LogP contribution in [0.1, 0.15) is 38.4 Å². The number of esters is 1. The van der Waals surface area contributed by atoms with Gasteiger partial charge in [0.1, 0.15) is 17.2 Å². The van der Waals surface area contributed by atoms with Gasteiger partial charge in [-0.05, 0) is 39.0 Å². The average molecular weight is 546 g/mol. The van der Waals surface area contributed by atoms with E-state index in [1.165, 1.54) is 6.07 Å². The third-order valence-corrected chi connectivity index (χ3v) is 5.62. The zero-order valence-electron chi connectivity index (χ0n) is 21.9. The van der Waals surface area contributed by atoms with Crippen molar-refractivity contribution in [1.82, 2.24) is 19.9 Å². The van der Waals surface area contributed by atoms with Gasteiger partial charge in [0.25, 0.3) is 0 Å². The second-order valence-corrected chi connectivity index (χ2v) is 9.94. The van der Waals surface area contributed by atoms with Crippen LogP contribution in [0.4, 0.5) is 36.4 Å². The van der Waals surface area contributed by atoms with Crippen molar-refractivity contribution >= 4 is 29.2 Å². The molecule has 0 saturated carbocycles. The number of ether oxygens (including phenoxy) is 2. The number of anilines is 4. The zero-order valence-corrected chi connectivity index (χ0v) is 21.9. The second kappa shape index (κ2) is 11.4. The van der Waals surface area contributed by atoms with Crippen LogP contribution in [0.25, 0.3) is 11.3 Å². The first-order valence-corrected chi connectivity index (χ1v) is 12.4. The Labute approximate surface area is 223 Å². The minimum Gasteiger partial charge on any atom is -0.460 e. The number of morpholine rings is 1. The monoisotopic (exact) mass is 545 g/mol. The van der Waals surface area contributed by atoms with Crippen LogP contribution in [0, 0.1) is 0 Å². The molecule has 1 saturated heterocycles. The molecule has 0 aromatic carbocycles. The molecule has 4 rings (SSSR count). The van der Waals surface area contributed by atoms with Gasteiger partial charge in [-0.1, -0.05) is 0 Å². The molecule has 0 unspecified atom stereocenters. The third-order valence-electron chi connectivity index (χ3n) is 5.62. The molecular weight excluding hydrogens is 515 g/mol. The van der Waals surface area contributed by atoms with Crippen molar-refractivity contribution < 1.29 is 27.4 Å². The Bertz CT molecular complexity index is 1310. The number of nitrogens with one attached hydrogen (secondary N) is 1. The van der Waals surface area contributed by atoms with Gasteiger partial charge in [0.05, 0.1) is 42.8 Å². The van der Waals surface area contributed by atoms with Crippen LogP contribution in [0.3, 0.4) is 0 Å². The molecule has 0 spiro atoms. The molecule has 13 heteroatoms. The Balaban J connectivity index is 1.60. The lowest BCUT2D eigenvalue weighted by molar-refractivity contribution is -0.154. The van der Waals surface area contributed by atoms with Crippen molar-refractivity contribution in [2.24, 2.45) is 0 Å². The van der Waals surface area contributed by atoms with E-state index in [0.717, 1.165) is 12.3 Å². The Morgan fingerprint density at radius 2 is 1.85 bits per heavy atom. The quantitative estimate of drug-likeness (QED) is 0.413. The molecule has 0 atom stereocenters. The van der Waals surface area contributed by atoms with Crippen LogP contribution in [-0.2, 0) is 26.9 Å². The molecular formula is C26H30F3N7O3. The maximum Gasteiger partial charge on any atom is 0.417 e.